The van der Waals surface area contributed by atoms with E-state index in [1.165, 1.54) is 0 Å². The molecule has 4 rings (SSSR count). The Bertz CT molecular complexity index is 903. The number of hydrogen-bond acceptors (Lipinski definition) is 5. The monoisotopic (exact) mass is 437 g/mol. The summed E-state index contributed by atoms with van der Waals surface area (Å²) in [7, 11) is 1.64. The Kier molecular flexibility index (Phi) is 7.05. The number of carbonyl (C=O) groups excluding carboxylic acids is 2. The maximum Gasteiger partial charge on any atom is 0.255 e. The highest BCUT2D eigenvalue weighted by molar-refractivity contribution is 5.94. The van der Waals surface area contributed by atoms with E-state index >= 15 is 0 Å². The molecule has 7 heteroatoms. The number of aromatic nitrogens is 1. The van der Waals surface area contributed by atoms with E-state index in [1.807, 2.05) is 29.2 Å². The lowest BCUT2D eigenvalue weighted by molar-refractivity contribution is -0.130. The third-order valence-corrected chi connectivity index (χ3v) is 6.79. The van der Waals surface area contributed by atoms with Crippen LogP contribution in [-0.2, 0) is 14.9 Å². The van der Waals surface area contributed by atoms with Crippen LogP contribution in [0.1, 0.15) is 41.6 Å². The number of piperidine rings is 1. The Morgan fingerprint density at radius 1 is 1.16 bits per heavy atom. The molecule has 2 aliphatic heterocycles. The van der Waals surface area contributed by atoms with Crippen LogP contribution in [0.25, 0.3) is 0 Å². The summed E-state index contributed by atoms with van der Waals surface area (Å²) in [6.45, 7) is 3.19. The van der Waals surface area contributed by atoms with Gasteiger partial charge in [0.2, 0.25) is 5.91 Å². The van der Waals surface area contributed by atoms with E-state index in [9.17, 15) is 9.59 Å². The van der Waals surface area contributed by atoms with Crippen molar-refractivity contribution in [2.45, 2.75) is 31.1 Å². The van der Waals surface area contributed by atoms with Crippen molar-refractivity contribution in [1.82, 2.24) is 15.2 Å². The van der Waals surface area contributed by atoms with E-state index in [0.717, 1.165) is 24.2 Å². The summed E-state index contributed by atoms with van der Waals surface area (Å²) in [4.78, 5) is 31.9. The molecule has 1 aromatic heterocycles. The van der Waals surface area contributed by atoms with Crippen LogP contribution in [0.4, 0.5) is 0 Å². The Hall–Kier alpha value is -2.93. The van der Waals surface area contributed by atoms with E-state index in [0.29, 0.717) is 57.2 Å². The highest BCUT2D eigenvalue weighted by Gasteiger charge is 2.41. The van der Waals surface area contributed by atoms with Crippen molar-refractivity contribution in [1.29, 1.82) is 0 Å². The number of likely N-dealkylation sites (tertiary alicyclic amines) is 1. The number of pyridine rings is 1. The van der Waals surface area contributed by atoms with Crippen LogP contribution in [0.2, 0.25) is 0 Å². The van der Waals surface area contributed by atoms with Crippen molar-refractivity contribution in [2.75, 3.05) is 40.0 Å². The van der Waals surface area contributed by atoms with Crippen molar-refractivity contribution in [3.05, 3.63) is 59.9 Å². The van der Waals surface area contributed by atoms with Crippen LogP contribution in [0.15, 0.2) is 48.8 Å². The van der Waals surface area contributed by atoms with Gasteiger partial charge in [-0.3, -0.25) is 14.6 Å². The molecule has 0 atom stereocenters. The zero-order chi connectivity index (χ0) is 22.4. The molecule has 2 saturated heterocycles. The first-order chi connectivity index (χ1) is 15.6. The molecule has 2 fully saturated rings. The summed E-state index contributed by atoms with van der Waals surface area (Å²) < 4.78 is 10.8. The van der Waals surface area contributed by atoms with E-state index in [-0.39, 0.29) is 11.8 Å². The summed E-state index contributed by atoms with van der Waals surface area (Å²) in [6, 6.07) is 11.4. The van der Waals surface area contributed by atoms with Crippen molar-refractivity contribution in [3.8, 4) is 5.75 Å². The molecule has 1 aromatic carbocycles. The van der Waals surface area contributed by atoms with Crippen LogP contribution in [0, 0.1) is 5.92 Å². The molecule has 0 bridgehead atoms. The van der Waals surface area contributed by atoms with Crippen LogP contribution >= 0.6 is 0 Å². The molecule has 0 saturated carbocycles. The molecule has 170 valence electrons. The zero-order valence-corrected chi connectivity index (χ0v) is 18.6. The van der Waals surface area contributed by atoms with Gasteiger partial charge in [0.15, 0.2) is 0 Å². The lowest BCUT2D eigenvalue weighted by Crippen LogP contribution is -2.50. The molecular weight excluding hydrogens is 406 g/mol. The van der Waals surface area contributed by atoms with Crippen molar-refractivity contribution in [3.63, 3.8) is 0 Å². The number of nitrogens with zero attached hydrogens (tertiary/aromatic N) is 2. The Labute approximate surface area is 189 Å². The minimum absolute atomic E-state index is 0.0289. The van der Waals surface area contributed by atoms with Gasteiger partial charge in [0, 0.05) is 45.2 Å². The van der Waals surface area contributed by atoms with Crippen LogP contribution in [0.3, 0.4) is 0 Å². The summed E-state index contributed by atoms with van der Waals surface area (Å²) >= 11 is 0. The van der Waals surface area contributed by atoms with Gasteiger partial charge in [0.1, 0.15) is 5.75 Å². The Balaban J connectivity index is 1.34. The van der Waals surface area contributed by atoms with E-state index in [1.54, 1.807) is 31.6 Å². The zero-order valence-electron chi connectivity index (χ0n) is 18.6. The first kappa shape index (κ1) is 22.3. The SMILES string of the molecule is COc1ccc(C2(C(=O)NCC3CCN(C(=O)c4cccnc4)CC3)CCOCC2)cc1. The molecule has 7 nitrogen and oxygen atoms in total. The van der Waals surface area contributed by atoms with Crippen LogP contribution in [0.5, 0.6) is 5.75 Å². The maximum absolute atomic E-state index is 13.4. The molecule has 2 aliphatic rings. The number of rotatable bonds is 6. The summed E-state index contributed by atoms with van der Waals surface area (Å²) in [5.41, 5.74) is 1.07. The fraction of sp³-hybridized carbons (Fsp3) is 0.480. The number of benzene rings is 1. The molecule has 2 aromatic rings. The average Bonchev–Trinajstić information content (AvgIpc) is 2.88. The topological polar surface area (TPSA) is 80.8 Å². The molecule has 2 amide bonds. The smallest absolute Gasteiger partial charge is 0.255 e. The molecule has 32 heavy (non-hydrogen) atoms. The summed E-state index contributed by atoms with van der Waals surface area (Å²) in [5, 5.41) is 3.23. The molecule has 0 unspecified atom stereocenters. The normalized spacial score (nSPS) is 18.7. The molecule has 0 spiro atoms. The first-order valence-corrected chi connectivity index (χ1v) is 11.3. The van der Waals surface area contributed by atoms with E-state index < -0.39 is 5.41 Å². The minimum Gasteiger partial charge on any atom is -0.497 e. The minimum atomic E-state index is -0.568. The summed E-state index contributed by atoms with van der Waals surface area (Å²) in [5.74, 6) is 1.25. The third kappa shape index (κ3) is 4.78. The van der Waals surface area contributed by atoms with Gasteiger partial charge in [-0.05, 0) is 61.4 Å². The van der Waals surface area contributed by atoms with E-state index in [2.05, 4.69) is 10.3 Å². The van der Waals surface area contributed by atoms with Gasteiger partial charge >= 0.3 is 0 Å². The number of nitrogens with one attached hydrogen (secondary N) is 1. The third-order valence-electron chi connectivity index (χ3n) is 6.79. The standard InChI is InChI=1S/C25H31N3O4/c1-31-22-6-4-21(5-7-22)25(10-15-32-16-11-25)24(30)27-17-19-8-13-28(14-9-19)23(29)20-3-2-12-26-18-20/h2-7,12,18-19H,8-11,13-17H2,1H3,(H,27,30). The molecule has 0 aliphatic carbocycles. The van der Waals surface area contributed by atoms with E-state index in [4.69, 9.17) is 9.47 Å². The van der Waals surface area contributed by atoms with Gasteiger partial charge in [-0.2, -0.15) is 0 Å². The van der Waals surface area contributed by atoms with Crippen LogP contribution < -0.4 is 10.1 Å². The second kappa shape index (κ2) is 10.1. The van der Waals surface area contributed by atoms with Gasteiger partial charge in [0.25, 0.3) is 5.91 Å². The Morgan fingerprint density at radius 3 is 2.50 bits per heavy atom. The average molecular weight is 438 g/mol. The predicted molar refractivity (Wildman–Crippen MR) is 121 cm³/mol. The molecule has 3 heterocycles. The maximum atomic E-state index is 13.4. The fourth-order valence-corrected chi connectivity index (χ4v) is 4.69. The number of methoxy groups -OCH3 is 1. The highest BCUT2D eigenvalue weighted by Crippen LogP contribution is 2.36. The Morgan fingerprint density at radius 2 is 1.88 bits per heavy atom. The molecular formula is C25H31N3O4. The molecule has 0 radical (unpaired) electrons. The van der Waals surface area contributed by atoms with Gasteiger partial charge in [-0.15, -0.1) is 0 Å². The van der Waals surface area contributed by atoms with Gasteiger partial charge in [-0.1, -0.05) is 12.1 Å². The highest BCUT2D eigenvalue weighted by atomic mass is 16.5. The quantitative estimate of drug-likeness (QED) is 0.752. The van der Waals surface area contributed by atoms with Crippen molar-refractivity contribution < 1.29 is 19.1 Å². The number of ether oxygens (including phenoxy) is 2. The van der Waals surface area contributed by atoms with Crippen molar-refractivity contribution >= 4 is 11.8 Å². The fourth-order valence-electron chi connectivity index (χ4n) is 4.69. The van der Waals surface area contributed by atoms with Crippen LogP contribution in [-0.4, -0.2) is 61.7 Å². The van der Waals surface area contributed by atoms with Crippen molar-refractivity contribution in [2.24, 2.45) is 5.92 Å². The predicted octanol–water partition coefficient (Wildman–Crippen LogP) is 2.81. The second-order valence-corrected chi connectivity index (χ2v) is 8.61. The van der Waals surface area contributed by atoms with Gasteiger partial charge < -0.3 is 19.7 Å². The summed E-state index contributed by atoms with van der Waals surface area (Å²) in [6.07, 6.45) is 6.38. The lowest BCUT2D eigenvalue weighted by Gasteiger charge is -2.37. The number of amides is 2. The largest absolute Gasteiger partial charge is 0.497 e. The van der Waals surface area contributed by atoms with Gasteiger partial charge in [-0.25, -0.2) is 0 Å². The second-order valence-electron chi connectivity index (χ2n) is 8.61. The first-order valence-electron chi connectivity index (χ1n) is 11.3. The van der Waals surface area contributed by atoms with Gasteiger partial charge in [0.05, 0.1) is 18.1 Å². The molecule has 1 N–H and O–H groups in total. The number of carbonyl (C=O) groups is 2. The number of hydrogen-bond donors (Lipinski definition) is 1. The lowest BCUT2D eigenvalue weighted by atomic mass is 9.73.